The number of aliphatic imine (C=N–C) groups is 1. The predicted octanol–water partition coefficient (Wildman–Crippen LogP) is 3.12. The van der Waals surface area contributed by atoms with Crippen LogP contribution in [0.5, 0.6) is 11.5 Å². The molecule has 2 heterocycles. The number of ether oxygens (including phenoxy) is 2. The Kier molecular flexibility index (Phi) is 7.85. The Morgan fingerprint density at radius 1 is 1.27 bits per heavy atom. The van der Waals surface area contributed by atoms with E-state index >= 15 is 0 Å². The van der Waals surface area contributed by atoms with Crippen molar-refractivity contribution in [3.63, 3.8) is 0 Å². The molecule has 0 radical (unpaired) electrons. The molecule has 1 unspecified atom stereocenters. The molecular formula is C22H32IN5O2. The second-order valence-corrected chi connectivity index (χ2v) is 7.99. The number of aromatic nitrogens is 2. The van der Waals surface area contributed by atoms with E-state index in [2.05, 4.69) is 52.5 Å². The van der Waals surface area contributed by atoms with Crippen LogP contribution < -0.4 is 20.1 Å². The molecule has 0 saturated carbocycles. The summed E-state index contributed by atoms with van der Waals surface area (Å²) >= 11 is 0. The van der Waals surface area contributed by atoms with Crippen LogP contribution in [0.2, 0.25) is 0 Å². The van der Waals surface area contributed by atoms with Gasteiger partial charge in [0.15, 0.2) is 17.5 Å². The van der Waals surface area contributed by atoms with Crippen molar-refractivity contribution < 1.29 is 9.47 Å². The van der Waals surface area contributed by atoms with E-state index in [-0.39, 0.29) is 24.0 Å². The first-order chi connectivity index (χ1) is 14.1. The molecule has 7 nitrogen and oxygen atoms in total. The number of halogens is 1. The van der Waals surface area contributed by atoms with E-state index in [1.165, 1.54) is 16.8 Å². The fourth-order valence-electron chi connectivity index (χ4n) is 3.86. The highest BCUT2D eigenvalue weighted by atomic mass is 127. The average Bonchev–Trinajstić information content (AvgIpc) is 3.17. The first kappa shape index (κ1) is 22.7. The first-order valence-electron chi connectivity index (χ1n) is 10.5. The first-order valence-corrected chi connectivity index (χ1v) is 10.5. The molecule has 0 saturated heterocycles. The third kappa shape index (κ3) is 5.39. The van der Waals surface area contributed by atoms with Gasteiger partial charge in [0.25, 0.3) is 0 Å². The zero-order valence-electron chi connectivity index (χ0n) is 18.0. The van der Waals surface area contributed by atoms with E-state index in [9.17, 15) is 0 Å². The lowest BCUT2D eigenvalue weighted by Gasteiger charge is -2.24. The Morgan fingerprint density at radius 2 is 2.07 bits per heavy atom. The van der Waals surface area contributed by atoms with Crippen molar-refractivity contribution in [2.75, 3.05) is 26.8 Å². The summed E-state index contributed by atoms with van der Waals surface area (Å²) in [5.41, 5.74) is 3.83. The molecule has 1 atom stereocenters. The van der Waals surface area contributed by atoms with Crippen molar-refractivity contribution >= 4 is 29.9 Å². The van der Waals surface area contributed by atoms with Crippen LogP contribution >= 0.6 is 24.0 Å². The van der Waals surface area contributed by atoms with Crippen molar-refractivity contribution in [2.24, 2.45) is 4.99 Å². The van der Waals surface area contributed by atoms with E-state index in [0.29, 0.717) is 25.3 Å². The summed E-state index contributed by atoms with van der Waals surface area (Å²) in [6.45, 7) is 6.38. The van der Waals surface area contributed by atoms with Crippen molar-refractivity contribution in [1.29, 1.82) is 0 Å². The van der Waals surface area contributed by atoms with Gasteiger partial charge in [0.1, 0.15) is 13.2 Å². The van der Waals surface area contributed by atoms with Crippen LogP contribution in [0.25, 0.3) is 0 Å². The molecule has 0 bridgehead atoms. The molecule has 1 aromatic carbocycles. The lowest BCUT2D eigenvalue weighted by atomic mass is 9.94. The molecule has 0 fully saturated rings. The Morgan fingerprint density at radius 3 is 2.83 bits per heavy atom. The van der Waals surface area contributed by atoms with Gasteiger partial charge >= 0.3 is 0 Å². The van der Waals surface area contributed by atoms with Crippen LogP contribution in [-0.2, 0) is 19.3 Å². The number of aryl methyl sites for hydroxylation is 1. The monoisotopic (exact) mass is 525 g/mol. The second kappa shape index (κ2) is 10.4. The maximum absolute atomic E-state index is 5.67. The van der Waals surface area contributed by atoms with E-state index in [4.69, 9.17) is 14.6 Å². The van der Waals surface area contributed by atoms with Gasteiger partial charge in [-0.2, -0.15) is 5.10 Å². The van der Waals surface area contributed by atoms with Gasteiger partial charge in [-0.3, -0.25) is 9.67 Å². The van der Waals surface area contributed by atoms with E-state index < -0.39 is 0 Å². The Balaban J connectivity index is 0.00000256. The highest BCUT2D eigenvalue weighted by Gasteiger charge is 2.23. The van der Waals surface area contributed by atoms with Crippen LogP contribution in [0.3, 0.4) is 0 Å². The van der Waals surface area contributed by atoms with Crippen LogP contribution in [0.1, 0.15) is 43.1 Å². The number of hydrogen-bond acceptors (Lipinski definition) is 4. The van der Waals surface area contributed by atoms with Gasteiger partial charge in [-0.05, 0) is 56.4 Å². The standard InChI is InChI=1S/C22H31N5O2.HI/c1-15(2)27-14-17-5-6-18(13-19(17)26-27)25-22(23-3)24-9-8-16-4-7-20-21(12-16)29-11-10-28-20;/h4,7,12,14-15,18H,5-6,8-11,13H2,1-3H3,(H2,23,24,25);1H. The molecule has 2 aromatic rings. The molecular weight excluding hydrogens is 493 g/mol. The van der Waals surface area contributed by atoms with Gasteiger partial charge in [-0.25, -0.2) is 0 Å². The van der Waals surface area contributed by atoms with Crippen LogP contribution in [0, 0.1) is 0 Å². The molecule has 2 aliphatic rings. The van der Waals surface area contributed by atoms with E-state index in [1.54, 1.807) is 0 Å². The van der Waals surface area contributed by atoms with Gasteiger partial charge in [-0.1, -0.05) is 6.07 Å². The zero-order chi connectivity index (χ0) is 20.2. The number of rotatable bonds is 5. The molecule has 0 spiro atoms. The highest BCUT2D eigenvalue weighted by molar-refractivity contribution is 14.0. The SMILES string of the molecule is CN=C(NCCc1ccc2c(c1)OCCO2)NC1CCc2cn(C(C)C)nc2C1.I. The smallest absolute Gasteiger partial charge is 0.191 e. The van der Waals surface area contributed by atoms with Crippen LogP contribution in [0.15, 0.2) is 29.4 Å². The number of benzene rings is 1. The van der Waals surface area contributed by atoms with Crippen molar-refractivity contribution in [2.45, 2.75) is 51.6 Å². The van der Waals surface area contributed by atoms with Gasteiger partial charge in [0.2, 0.25) is 0 Å². The third-order valence-electron chi connectivity index (χ3n) is 5.50. The number of fused-ring (bicyclic) bond motifs is 2. The minimum Gasteiger partial charge on any atom is -0.486 e. The minimum atomic E-state index is 0. The molecule has 0 amide bonds. The largest absolute Gasteiger partial charge is 0.486 e. The molecule has 8 heteroatoms. The Bertz CT molecular complexity index is 880. The topological polar surface area (TPSA) is 72.7 Å². The summed E-state index contributed by atoms with van der Waals surface area (Å²) in [4.78, 5) is 4.40. The van der Waals surface area contributed by atoms with Crippen LogP contribution in [-0.4, -0.2) is 48.6 Å². The lowest BCUT2D eigenvalue weighted by molar-refractivity contribution is 0.171. The minimum absolute atomic E-state index is 0. The van der Waals surface area contributed by atoms with Gasteiger partial charge < -0.3 is 20.1 Å². The molecule has 1 aliphatic heterocycles. The number of nitrogens with one attached hydrogen (secondary N) is 2. The molecule has 30 heavy (non-hydrogen) atoms. The fourth-order valence-corrected chi connectivity index (χ4v) is 3.86. The highest BCUT2D eigenvalue weighted by Crippen LogP contribution is 2.30. The van der Waals surface area contributed by atoms with Crippen molar-refractivity contribution in [3.05, 3.63) is 41.2 Å². The normalized spacial score (nSPS) is 17.9. The fraction of sp³-hybridized carbons (Fsp3) is 0.545. The molecule has 4 rings (SSSR count). The number of guanidine groups is 1. The number of hydrogen-bond donors (Lipinski definition) is 2. The molecule has 1 aliphatic carbocycles. The quantitative estimate of drug-likeness (QED) is 0.357. The molecule has 164 valence electrons. The zero-order valence-corrected chi connectivity index (χ0v) is 20.3. The third-order valence-corrected chi connectivity index (χ3v) is 5.50. The summed E-state index contributed by atoms with van der Waals surface area (Å²) in [6.07, 6.45) is 6.20. The van der Waals surface area contributed by atoms with Crippen molar-refractivity contribution in [3.8, 4) is 11.5 Å². The second-order valence-electron chi connectivity index (χ2n) is 7.99. The Labute approximate surface area is 195 Å². The maximum Gasteiger partial charge on any atom is 0.191 e. The lowest BCUT2D eigenvalue weighted by Crippen LogP contribution is -2.46. The van der Waals surface area contributed by atoms with E-state index in [0.717, 1.165) is 49.7 Å². The summed E-state index contributed by atoms with van der Waals surface area (Å²) < 4.78 is 13.3. The van der Waals surface area contributed by atoms with Crippen LogP contribution in [0.4, 0.5) is 0 Å². The average molecular weight is 525 g/mol. The Hall–Kier alpha value is -1.97. The summed E-state index contributed by atoms with van der Waals surface area (Å²) in [5.74, 6) is 2.52. The predicted molar refractivity (Wildman–Crippen MR) is 129 cm³/mol. The number of nitrogens with zero attached hydrogens (tertiary/aromatic N) is 3. The molecule has 1 aromatic heterocycles. The maximum atomic E-state index is 5.67. The van der Waals surface area contributed by atoms with Gasteiger partial charge in [0.05, 0.1) is 5.69 Å². The summed E-state index contributed by atoms with van der Waals surface area (Å²) in [5, 5.41) is 11.8. The molecule has 2 N–H and O–H groups in total. The van der Waals surface area contributed by atoms with Gasteiger partial charge in [-0.15, -0.1) is 24.0 Å². The van der Waals surface area contributed by atoms with E-state index in [1.807, 2.05) is 13.1 Å². The van der Waals surface area contributed by atoms with Crippen molar-refractivity contribution in [1.82, 2.24) is 20.4 Å². The van der Waals surface area contributed by atoms with Gasteiger partial charge in [0, 0.05) is 38.3 Å². The summed E-state index contributed by atoms with van der Waals surface area (Å²) in [6, 6.07) is 6.92. The summed E-state index contributed by atoms with van der Waals surface area (Å²) in [7, 11) is 1.82.